The molecule has 0 radical (unpaired) electrons. The summed E-state index contributed by atoms with van der Waals surface area (Å²) in [5, 5.41) is 1.48. The van der Waals surface area contributed by atoms with Gasteiger partial charge in [-0.15, -0.1) is 0 Å². The van der Waals surface area contributed by atoms with Crippen molar-refractivity contribution in [2.45, 2.75) is 26.7 Å². The average Bonchev–Trinajstić information content (AvgIpc) is 2.42. The molecule has 0 aromatic heterocycles. The molecule has 0 spiro atoms. The molecular formula is C15H20Cl2N2O. The Balaban J connectivity index is 2.13. The van der Waals surface area contributed by atoms with Crippen LogP contribution in [0.15, 0.2) is 12.1 Å². The summed E-state index contributed by atoms with van der Waals surface area (Å²) in [7, 11) is 0. The number of nitrogens with zero attached hydrogens (tertiary/aromatic N) is 2. The fourth-order valence-electron chi connectivity index (χ4n) is 2.54. The van der Waals surface area contributed by atoms with Crippen molar-refractivity contribution in [1.29, 1.82) is 0 Å². The van der Waals surface area contributed by atoms with Gasteiger partial charge >= 0.3 is 0 Å². The monoisotopic (exact) mass is 314 g/mol. The molecule has 1 aromatic rings. The van der Waals surface area contributed by atoms with Crippen molar-refractivity contribution in [3.8, 4) is 0 Å². The molecule has 0 unspecified atom stereocenters. The van der Waals surface area contributed by atoms with Crippen LogP contribution in [-0.2, 0) is 11.2 Å². The molecule has 1 heterocycles. The summed E-state index contributed by atoms with van der Waals surface area (Å²) in [4.78, 5) is 15.4. The van der Waals surface area contributed by atoms with E-state index in [0.29, 0.717) is 0 Å². The van der Waals surface area contributed by atoms with E-state index in [1.165, 1.54) is 0 Å². The summed E-state index contributed by atoms with van der Waals surface area (Å²) >= 11 is 12.7. The zero-order valence-corrected chi connectivity index (χ0v) is 13.5. The van der Waals surface area contributed by atoms with Gasteiger partial charge < -0.3 is 9.80 Å². The first kappa shape index (κ1) is 15.5. The number of hydrogen-bond donors (Lipinski definition) is 0. The molecule has 0 saturated carbocycles. The minimum atomic E-state index is 0.138. The number of anilines is 1. The summed E-state index contributed by atoms with van der Waals surface area (Å²) in [5.41, 5.74) is 2.07. The van der Waals surface area contributed by atoms with Gasteiger partial charge in [0.05, 0.1) is 0 Å². The topological polar surface area (TPSA) is 23.6 Å². The van der Waals surface area contributed by atoms with Crippen molar-refractivity contribution < 1.29 is 4.79 Å². The minimum Gasteiger partial charge on any atom is -0.368 e. The van der Waals surface area contributed by atoms with Crippen LogP contribution in [0.1, 0.15) is 25.8 Å². The maximum Gasteiger partial charge on any atom is 0.219 e. The maximum atomic E-state index is 11.3. The molecule has 0 aliphatic carbocycles. The quantitative estimate of drug-likeness (QED) is 0.850. The predicted octanol–water partition coefficient (Wildman–Crippen LogP) is 3.61. The van der Waals surface area contributed by atoms with E-state index in [9.17, 15) is 4.79 Å². The fraction of sp³-hybridized carbons (Fsp3) is 0.533. The standard InChI is InChI=1S/C15H20Cl2N2O/c1-3-4-13-14(16)9-12(10-15(13)17)19-7-5-18(6-8-19)11(2)20/h9-10H,3-8H2,1-2H3. The highest BCUT2D eigenvalue weighted by molar-refractivity contribution is 6.36. The van der Waals surface area contributed by atoms with Crippen LogP contribution in [0.4, 0.5) is 5.69 Å². The summed E-state index contributed by atoms with van der Waals surface area (Å²) in [5.74, 6) is 0.138. The van der Waals surface area contributed by atoms with Crippen molar-refractivity contribution >= 4 is 34.8 Å². The van der Waals surface area contributed by atoms with E-state index in [4.69, 9.17) is 23.2 Å². The molecule has 110 valence electrons. The first-order chi connectivity index (χ1) is 9.52. The third kappa shape index (κ3) is 3.39. The van der Waals surface area contributed by atoms with Crippen LogP contribution < -0.4 is 4.90 Å². The number of amides is 1. The lowest BCUT2D eigenvalue weighted by molar-refractivity contribution is -0.129. The Kier molecular flexibility index (Phi) is 5.17. The van der Waals surface area contributed by atoms with Gasteiger partial charge in [-0.05, 0) is 24.1 Å². The Bertz CT molecular complexity index is 474. The predicted molar refractivity (Wildman–Crippen MR) is 84.9 cm³/mol. The minimum absolute atomic E-state index is 0.138. The fourth-order valence-corrected chi connectivity index (χ4v) is 3.21. The third-order valence-electron chi connectivity index (χ3n) is 3.72. The summed E-state index contributed by atoms with van der Waals surface area (Å²) in [6.07, 6.45) is 1.92. The molecule has 0 bridgehead atoms. The molecule has 0 N–H and O–H groups in total. The molecule has 1 amide bonds. The van der Waals surface area contributed by atoms with Gasteiger partial charge in [-0.1, -0.05) is 36.5 Å². The molecule has 1 fully saturated rings. The molecule has 1 aromatic carbocycles. The lowest BCUT2D eigenvalue weighted by atomic mass is 10.1. The first-order valence-corrected chi connectivity index (χ1v) is 7.77. The number of piperazine rings is 1. The number of benzene rings is 1. The highest BCUT2D eigenvalue weighted by Gasteiger charge is 2.20. The van der Waals surface area contributed by atoms with Crippen molar-refractivity contribution in [2.24, 2.45) is 0 Å². The van der Waals surface area contributed by atoms with Crippen LogP contribution in [0.25, 0.3) is 0 Å². The summed E-state index contributed by atoms with van der Waals surface area (Å²) in [6.45, 7) is 6.87. The number of carbonyl (C=O) groups excluding carboxylic acids is 1. The van der Waals surface area contributed by atoms with Gasteiger partial charge in [0.1, 0.15) is 0 Å². The van der Waals surface area contributed by atoms with E-state index in [-0.39, 0.29) is 5.91 Å². The normalized spacial score (nSPS) is 15.6. The average molecular weight is 315 g/mol. The smallest absolute Gasteiger partial charge is 0.219 e. The first-order valence-electron chi connectivity index (χ1n) is 7.01. The molecule has 1 aliphatic heterocycles. The van der Waals surface area contributed by atoms with E-state index in [0.717, 1.165) is 60.3 Å². The van der Waals surface area contributed by atoms with Crippen molar-refractivity contribution in [3.05, 3.63) is 27.7 Å². The number of carbonyl (C=O) groups is 1. The molecule has 1 saturated heterocycles. The Morgan fingerprint density at radius 3 is 2.15 bits per heavy atom. The molecule has 5 heteroatoms. The molecule has 3 nitrogen and oxygen atoms in total. The Hall–Kier alpha value is -0.930. The Morgan fingerprint density at radius 1 is 1.15 bits per heavy atom. The van der Waals surface area contributed by atoms with Crippen LogP contribution in [0.2, 0.25) is 10.0 Å². The van der Waals surface area contributed by atoms with Crippen LogP contribution in [-0.4, -0.2) is 37.0 Å². The maximum absolute atomic E-state index is 11.3. The lowest BCUT2D eigenvalue weighted by Gasteiger charge is -2.36. The Labute approximate surface area is 130 Å². The van der Waals surface area contributed by atoms with Crippen LogP contribution in [0.3, 0.4) is 0 Å². The van der Waals surface area contributed by atoms with Gasteiger partial charge in [0.25, 0.3) is 0 Å². The number of rotatable bonds is 3. The van der Waals surface area contributed by atoms with Crippen LogP contribution in [0, 0.1) is 0 Å². The number of hydrogen-bond acceptors (Lipinski definition) is 2. The molecule has 1 aliphatic rings. The summed E-state index contributed by atoms with van der Waals surface area (Å²) < 4.78 is 0. The SMILES string of the molecule is CCCc1c(Cl)cc(N2CCN(C(C)=O)CC2)cc1Cl. The van der Waals surface area contributed by atoms with Crippen LogP contribution >= 0.6 is 23.2 Å². The molecule has 2 rings (SSSR count). The van der Waals surface area contributed by atoms with E-state index in [1.807, 2.05) is 17.0 Å². The third-order valence-corrected chi connectivity index (χ3v) is 4.39. The Morgan fingerprint density at radius 2 is 1.70 bits per heavy atom. The van der Waals surface area contributed by atoms with Gasteiger partial charge in [0, 0.05) is 48.8 Å². The zero-order valence-electron chi connectivity index (χ0n) is 12.0. The van der Waals surface area contributed by atoms with Crippen LogP contribution in [0.5, 0.6) is 0 Å². The van der Waals surface area contributed by atoms with Gasteiger partial charge in [-0.3, -0.25) is 4.79 Å². The van der Waals surface area contributed by atoms with Gasteiger partial charge in [0.15, 0.2) is 0 Å². The second-order valence-corrected chi connectivity index (χ2v) is 5.95. The van der Waals surface area contributed by atoms with Gasteiger partial charge in [-0.2, -0.15) is 0 Å². The van der Waals surface area contributed by atoms with Gasteiger partial charge in [0.2, 0.25) is 5.91 Å². The van der Waals surface area contributed by atoms with Crippen molar-refractivity contribution in [3.63, 3.8) is 0 Å². The molecule has 0 atom stereocenters. The van der Waals surface area contributed by atoms with E-state index in [2.05, 4.69) is 11.8 Å². The molecular weight excluding hydrogens is 295 g/mol. The highest BCUT2D eigenvalue weighted by atomic mass is 35.5. The van der Waals surface area contributed by atoms with Gasteiger partial charge in [-0.25, -0.2) is 0 Å². The second-order valence-electron chi connectivity index (χ2n) is 5.13. The second kappa shape index (κ2) is 6.68. The van der Waals surface area contributed by atoms with Crippen molar-refractivity contribution in [1.82, 2.24) is 4.90 Å². The number of halogens is 2. The highest BCUT2D eigenvalue weighted by Crippen LogP contribution is 2.32. The largest absolute Gasteiger partial charge is 0.368 e. The zero-order chi connectivity index (χ0) is 14.7. The van der Waals surface area contributed by atoms with E-state index < -0.39 is 0 Å². The van der Waals surface area contributed by atoms with E-state index >= 15 is 0 Å². The summed E-state index contributed by atoms with van der Waals surface area (Å²) in [6, 6.07) is 3.98. The molecule has 20 heavy (non-hydrogen) atoms. The lowest BCUT2D eigenvalue weighted by Crippen LogP contribution is -2.48. The van der Waals surface area contributed by atoms with E-state index in [1.54, 1.807) is 6.92 Å². The van der Waals surface area contributed by atoms with Crippen molar-refractivity contribution in [2.75, 3.05) is 31.1 Å².